The minimum atomic E-state index is 0.918. The van der Waals surface area contributed by atoms with Gasteiger partial charge >= 0.3 is 0 Å². The van der Waals surface area contributed by atoms with E-state index >= 15 is 0 Å². The Bertz CT molecular complexity index is 117. The van der Waals surface area contributed by atoms with Gasteiger partial charge in [-0.25, -0.2) is 0 Å². The molecule has 0 bridgehead atoms. The van der Waals surface area contributed by atoms with E-state index < -0.39 is 0 Å². The fourth-order valence-corrected chi connectivity index (χ4v) is 2.44. The van der Waals surface area contributed by atoms with Crippen LogP contribution in [0.3, 0.4) is 0 Å². The lowest BCUT2D eigenvalue weighted by molar-refractivity contribution is 0.220. The minimum Gasteiger partial charge on any atom is -0.0683 e. The van der Waals surface area contributed by atoms with Crippen LogP contribution in [0, 0.1) is 17.8 Å². The fraction of sp³-hybridized carbons (Fsp3) is 1.00. The van der Waals surface area contributed by atoms with E-state index in [-0.39, 0.29) is 0 Å². The number of hydrogen-bond donors (Lipinski definition) is 0. The zero-order valence-electron chi connectivity index (χ0n) is 23.0. The molecule has 0 radical (unpaired) electrons. The molecule has 0 aliphatic rings. The van der Waals surface area contributed by atoms with E-state index in [4.69, 9.17) is 0 Å². The molecule has 0 nitrogen and oxygen atoms in total. The zero-order valence-corrected chi connectivity index (χ0v) is 23.0. The van der Waals surface area contributed by atoms with Crippen molar-refractivity contribution in [2.24, 2.45) is 17.8 Å². The van der Waals surface area contributed by atoms with Gasteiger partial charge in [-0.3, -0.25) is 0 Å². The van der Waals surface area contributed by atoms with Crippen molar-refractivity contribution in [2.75, 3.05) is 0 Å². The largest absolute Gasteiger partial charge is 0.0683 e. The molecule has 3 atom stereocenters. The van der Waals surface area contributed by atoms with E-state index in [1.54, 1.807) is 0 Å². The van der Waals surface area contributed by atoms with Gasteiger partial charge in [0.1, 0.15) is 0 Å². The van der Waals surface area contributed by atoms with Gasteiger partial charge in [0.05, 0.1) is 0 Å². The maximum atomic E-state index is 2.44. The van der Waals surface area contributed by atoms with Crippen molar-refractivity contribution >= 4 is 0 Å². The molecule has 0 amide bonds. The summed E-state index contributed by atoms with van der Waals surface area (Å²) >= 11 is 0. The van der Waals surface area contributed by atoms with Crippen LogP contribution in [0.2, 0.25) is 0 Å². The third-order valence-electron chi connectivity index (χ3n) is 3.47. The average Bonchev–Trinajstić information content (AvgIpc) is 2.74. The molecule has 170 valence electrons. The molecule has 0 saturated heterocycles. The van der Waals surface area contributed by atoms with Crippen molar-refractivity contribution in [3.05, 3.63) is 0 Å². The molecule has 0 aromatic rings. The maximum Gasteiger partial charge on any atom is -0.0363 e. The SMILES string of the molecule is CC.CC.CC.CC.CC.CCC.CCCC(C)C(CCC)C(C)CC. The summed E-state index contributed by atoms with van der Waals surface area (Å²) in [5, 5.41) is 0. The second kappa shape index (κ2) is 64.0. The highest BCUT2D eigenvalue weighted by atomic mass is 14.3. The van der Waals surface area contributed by atoms with Crippen LogP contribution in [0.25, 0.3) is 0 Å². The average molecular weight is 379 g/mol. The Morgan fingerprint density at radius 2 is 0.731 bits per heavy atom. The molecule has 0 heterocycles. The van der Waals surface area contributed by atoms with Crippen molar-refractivity contribution in [2.45, 2.75) is 156 Å². The predicted octanol–water partition coefficient (Wildman–Crippen LogP) is 11.4. The summed E-state index contributed by atoms with van der Waals surface area (Å²) in [7, 11) is 0. The topological polar surface area (TPSA) is 0 Å². The van der Waals surface area contributed by atoms with E-state index in [1.165, 1.54) is 38.5 Å². The van der Waals surface area contributed by atoms with E-state index in [2.05, 4.69) is 48.5 Å². The van der Waals surface area contributed by atoms with Crippen LogP contribution < -0.4 is 0 Å². The van der Waals surface area contributed by atoms with Crippen LogP contribution in [0.1, 0.15) is 156 Å². The van der Waals surface area contributed by atoms with Gasteiger partial charge in [-0.1, -0.05) is 156 Å². The molecule has 0 N–H and O–H groups in total. The first-order valence-corrected chi connectivity index (χ1v) is 12.6. The van der Waals surface area contributed by atoms with Crippen molar-refractivity contribution in [3.8, 4) is 0 Å². The quantitative estimate of drug-likeness (QED) is 0.413. The summed E-state index contributed by atoms with van der Waals surface area (Å²) in [4.78, 5) is 0. The lowest BCUT2D eigenvalue weighted by Gasteiger charge is -2.28. The molecule has 0 aliphatic carbocycles. The van der Waals surface area contributed by atoms with Crippen LogP contribution in [-0.4, -0.2) is 0 Å². The number of hydrogen-bond acceptors (Lipinski definition) is 0. The molecule has 0 spiro atoms. The van der Waals surface area contributed by atoms with Gasteiger partial charge in [-0.2, -0.15) is 0 Å². The first-order valence-electron chi connectivity index (χ1n) is 12.6. The molecule has 0 rings (SSSR count). The molecule has 0 fully saturated rings. The van der Waals surface area contributed by atoms with Gasteiger partial charge in [0.2, 0.25) is 0 Å². The Morgan fingerprint density at radius 1 is 0.462 bits per heavy atom. The Morgan fingerprint density at radius 3 is 0.923 bits per heavy atom. The van der Waals surface area contributed by atoms with E-state index in [9.17, 15) is 0 Å². The summed E-state index contributed by atoms with van der Waals surface area (Å²) in [5.74, 6) is 2.82. The van der Waals surface area contributed by atoms with Crippen LogP contribution in [0.15, 0.2) is 0 Å². The molecular formula is C26H66. The molecule has 0 aromatic heterocycles. The zero-order chi connectivity index (χ0) is 23.0. The Labute approximate surface area is 174 Å². The van der Waals surface area contributed by atoms with Crippen molar-refractivity contribution in [3.63, 3.8) is 0 Å². The second-order valence-corrected chi connectivity index (χ2v) is 5.31. The van der Waals surface area contributed by atoms with E-state index in [1.807, 2.05) is 69.2 Å². The van der Waals surface area contributed by atoms with Crippen molar-refractivity contribution < 1.29 is 0 Å². The molecule has 0 aromatic carbocycles. The lowest BCUT2D eigenvalue weighted by atomic mass is 9.77. The third-order valence-corrected chi connectivity index (χ3v) is 3.47. The summed E-state index contributed by atoms with van der Waals surface area (Å²) in [6, 6.07) is 0. The first-order chi connectivity index (χ1) is 12.6. The van der Waals surface area contributed by atoms with Gasteiger partial charge < -0.3 is 0 Å². The molecule has 0 saturated carbocycles. The number of rotatable bonds is 7. The molecule has 26 heavy (non-hydrogen) atoms. The molecule has 0 heteroatoms. The van der Waals surface area contributed by atoms with E-state index in [0.29, 0.717) is 0 Å². The Balaban J connectivity index is -0.0000000463. The Kier molecular flexibility index (Phi) is 111. The highest BCUT2D eigenvalue weighted by molar-refractivity contribution is 4.71. The van der Waals surface area contributed by atoms with Crippen LogP contribution in [-0.2, 0) is 0 Å². The predicted molar refractivity (Wildman–Crippen MR) is 135 cm³/mol. The molecule has 0 aliphatic heterocycles. The van der Waals surface area contributed by atoms with Gasteiger partial charge in [0.15, 0.2) is 0 Å². The smallest absolute Gasteiger partial charge is 0.0363 e. The van der Waals surface area contributed by atoms with Crippen molar-refractivity contribution in [1.82, 2.24) is 0 Å². The van der Waals surface area contributed by atoms with Gasteiger partial charge in [0.25, 0.3) is 0 Å². The van der Waals surface area contributed by atoms with Crippen LogP contribution in [0.5, 0.6) is 0 Å². The normalized spacial score (nSPS) is 11.0. The van der Waals surface area contributed by atoms with Gasteiger partial charge in [-0.05, 0) is 17.8 Å². The standard InChI is InChI=1S/C13H28.C3H8.5C2H6/c1-6-9-12(5)13(10-7-2)11(4)8-3;1-3-2;5*1-2/h11-13H,6-10H2,1-5H3;3H2,1-2H3;5*1-2H3. The van der Waals surface area contributed by atoms with E-state index in [0.717, 1.165) is 17.8 Å². The third kappa shape index (κ3) is 49.6. The monoisotopic (exact) mass is 379 g/mol. The fourth-order valence-electron chi connectivity index (χ4n) is 2.44. The second-order valence-electron chi connectivity index (χ2n) is 5.31. The molecule has 3 unspecified atom stereocenters. The van der Waals surface area contributed by atoms with Gasteiger partial charge in [-0.15, -0.1) is 0 Å². The summed E-state index contributed by atoms with van der Waals surface area (Å²) in [5.41, 5.74) is 0. The first kappa shape index (κ1) is 45.0. The highest BCUT2D eigenvalue weighted by Gasteiger charge is 2.20. The van der Waals surface area contributed by atoms with Crippen LogP contribution in [0.4, 0.5) is 0 Å². The minimum absolute atomic E-state index is 0.918. The highest BCUT2D eigenvalue weighted by Crippen LogP contribution is 2.30. The van der Waals surface area contributed by atoms with Crippen LogP contribution >= 0.6 is 0 Å². The van der Waals surface area contributed by atoms with Gasteiger partial charge in [0, 0.05) is 0 Å². The summed E-state index contributed by atoms with van der Waals surface area (Å²) in [6.07, 6.45) is 8.13. The summed E-state index contributed by atoms with van der Waals surface area (Å²) in [6.45, 7) is 36.1. The Hall–Kier alpha value is 0. The lowest BCUT2D eigenvalue weighted by Crippen LogP contribution is -2.19. The summed E-state index contributed by atoms with van der Waals surface area (Å²) < 4.78 is 0. The van der Waals surface area contributed by atoms with Crippen molar-refractivity contribution in [1.29, 1.82) is 0 Å². The maximum absolute atomic E-state index is 2.44. The molecular weight excluding hydrogens is 312 g/mol.